The van der Waals surface area contributed by atoms with Gasteiger partial charge in [0.25, 0.3) is 0 Å². The summed E-state index contributed by atoms with van der Waals surface area (Å²) in [6.45, 7) is 1.71. The molecule has 0 aliphatic heterocycles. The molecule has 0 heterocycles. The van der Waals surface area contributed by atoms with Gasteiger partial charge in [-0.15, -0.1) is 0 Å². The van der Waals surface area contributed by atoms with Crippen LogP contribution in [0, 0.1) is 0 Å². The normalized spacial score (nSPS) is 28.2. The van der Waals surface area contributed by atoms with E-state index in [1.807, 2.05) is 6.08 Å². The second-order valence-corrected chi connectivity index (χ2v) is 5.92. The zero-order chi connectivity index (χ0) is 9.19. The highest BCUT2D eigenvalue weighted by atomic mass is 31.2. The van der Waals surface area contributed by atoms with Crippen LogP contribution in [0.25, 0.3) is 0 Å². The maximum Gasteiger partial charge on any atom is 0.204 e. The van der Waals surface area contributed by atoms with Crippen LogP contribution in [0.1, 0.15) is 19.8 Å². The van der Waals surface area contributed by atoms with Crippen molar-refractivity contribution in [3.63, 3.8) is 0 Å². The third kappa shape index (κ3) is 2.74. The average molecular weight is 190 g/mol. The Hall–Kier alpha value is -0.110. The summed E-state index contributed by atoms with van der Waals surface area (Å²) in [5, 5.41) is 9.15. The average Bonchev–Trinajstić information content (AvgIpc) is 2.35. The Morgan fingerprint density at radius 2 is 2.42 bits per heavy atom. The molecule has 0 bridgehead atoms. The lowest BCUT2D eigenvalue weighted by atomic mass is 10.2. The van der Waals surface area contributed by atoms with Crippen LogP contribution in [-0.2, 0) is 4.57 Å². The molecule has 0 amide bonds. The fourth-order valence-corrected chi connectivity index (χ4v) is 2.45. The summed E-state index contributed by atoms with van der Waals surface area (Å²) in [4.78, 5) is 9.30. The van der Waals surface area contributed by atoms with Crippen molar-refractivity contribution in [1.29, 1.82) is 0 Å². The van der Waals surface area contributed by atoms with E-state index in [0.717, 1.165) is 5.57 Å². The van der Waals surface area contributed by atoms with E-state index in [0.29, 0.717) is 19.0 Å². The number of hydrogen-bond donors (Lipinski definition) is 2. The lowest BCUT2D eigenvalue weighted by molar-refractivity contribution is 0.188. The fourth-order valence-electron chi connectivity index (χ4n) is 1.33. The predicted octanol–water partition coefficient (Wildman–Crippen LogP) is 1.36. The topological polar surface area (TPSA) is 57.5 Å². The summed E-state index contributed by atoms with van der Waals surface area (Å²) in [7, 11) is -2.93. The summed E-state index contributed by atoms with van der Waals surface area (Å²) < 4.78 is 11.3. The summed E-state index contributed by atoms with van der Waals surface area (Å²) in [6, 6.07) is 0. The molecule has 0 aromatic heterocycles. The van der Waals surface area contributed by atoms with Crippen molar-refractivity contribution in [2.24, 2.45) is 0 Å². The Morgan fingerprint density at radius 3 is 2.83 bits per heavy atom. The Morgan fingerprint density at radius 1 is 1.75 bits per heavy atom. The predicted molar refractivity (Wildman–Crippen MR) is 48.6 cm³/mol. The SMILES string of the molecule is CCP(=O)(O)CC1=CC[C@H](O)C1. The van der Waals surface area contributed by atoms with E-state index < -0.39 is 7.37 Å². The first-order valence-electron chi connectivity index (χ1n) is 4.20. The molecule has 0 saturated heterocycles. The van der Waals surface area contributed by atoms with Crippen LogP contribution in [0.2, 0.25) is 0 Å². The van der Waals surface area contributed by atoms with Gasteiger partial charge in [0.05, 0.1) is 6.10 Å². The van der Waals surface area contributed by atoms with Gasteiger partial charge in [0, 0.05) is 12.3 Å². The highest BCUT2D eigenvalue weighted by molar-refractivity contribution is 7.58. The molecule has 70 valence electrons. The summed E-state index contributed by atoms with van der Waals surface area (Å²) in [6.07, 6.45) is 3.35. The van der Waals surface area contributed by atoms with Gasteiger partial charge < -0.3 is 10.00 Å². The van der Waals surface area contributed by atoms with Crippen molar-refractivity contribution in [2.45, 2.75) is 25.9 Å². The van der Waals surface area contributed by atoms with Gasteiger partial charge in [-0.1, -0.05) is 18.6 Å². The molecule has 1 rings (SSSR count). The minimum Gasteiger partial charge on any atom is -0.392 e. The molecule has 2 atom stereocenters. The van der Waals surface area contributed by atoms with Gasteiger partial charge >= 0.3 is 0 Å². The molecule has 0 radical (unpaired) electrons. The van der Waals surface area contributed by atoms with Crippen LogP contribution in [0.15, 0.2) is 11.6 Å². The van der Waals surface area contributed by atoms with Crippen molar-refractivity contribution >= 4 is 7.37 Å². The lowest BCUT2D eigenvalue weighted by Gasteiger charge is -2.09. The molecule has 0 saturated carbocycles. The summed E-state index contributed by atoms with van der Waals surface area (Å²) >= 11 is 0. The molecule has 0 aromatic rings. The smallest absolute Gasteiger partial charge is 0.204 e. The maximum atomic E-state index is 11.3. The van der Waals surface area contributed by atoms with Gasteiger partial charge in [-0.25, -0.2) is 0 Å². The third-order valence-corrected chi connectivity index (χ3v) is 4.01. The Balaban J connectivity index is 2.48. The second-order valence-electron chi connectivity index (χ2n) is 3.28. The molecule has 1 unspecified atom stereocenters. The zero-order valence-electron chi connectivity index (χ0n) is 7.23. The van der Waals surface area contributed by atoms with E-state index in [1.165, 1.54) is 0 Å². The van der Waals surface area contributed by atoms with Crippen LogP contribution >= 0.6 is 7.37 Å². The quantitative estimate of drug-likeness (QED) is 0.521. The summed E-state index contributed by atoms with van der Waals surface area (Å²) in [5.41, 5.74) is 0.940. The maximum absolute atomic E-state index is 11.3. The third-order valence-electron chi connectivity index (χ3n) is 2.12. The van der Waals surface area contributed by atoms with E-state index in [2.05, 4.69) is 0 Å². The van der Waals surface area contributed by atoms with Crippen LogP contribution in [-0.4, -0.2) is 28.4 Å². The molecule has 1 aliphatic rings. The molecule has 4 heteroatoms. The first kappa shape index (κ1) is 9.97. The van der Waals surface area contributed by atoms with E-state index in [-0.39, 0.29) is 12.3 Å². The van der Waals surface area contributed by atoms with Crippen molar-refractivity contribution in [3.05, 3.63) is 11.6 Å². The highest BCUT2D eigenvalue weighted by Gasteiger charge is 2.22. The van der Waals surface area contributed by atoms with E-state index in [4.69, 9.17) is 5.11 Å². The first-order valence-corrected chi connectivity index (χ1v) is 6.23. The van der Waals surface area contributed by atoms with Crippen molar-refractivity contribution in [1.82, 2.24) is 0 Å². The highest BCUT2D eigenvalue weighted by Crippen LogP contribution is 2.43. The molecule has 0 aromatic carbocycles. The number of rotatable bonds is 3. The molecule has 3 nitrogen and oxygen atoms in total. The minimum atomic E-state index is -2.93. The monoisotopic (exact) mass is 190 g/mol. The van der Waals surface area contributed by atoms with Gasteiger partial charge in [-0.3, -0.25) is 4.57 Å². The van der Waals surface area contributed by atoms with Gasteiger partial charge in [-0.05, 0) is 12.8 Å². The van der Waals surface area contributed by atoms with Gasteiger partial charge in [0.15, 0.2) is 0 Å². The van der Waals surface area contributed by atoms with Crippen molar-refractivity contribution in [2.75, 3.05) is 12.3 Å². The minimum absolute atomic E-state index is 0.264. The Bertz CT molecular complexity index is 234. The van der Waals surface area contributed by atoms with Crippen molar-refractivity contribution < 1.29 is 14.6 Å². The molecule has 0 spiro atoms. The Labute approximate surface area is 72.6 Å². The molecule has 0 fully saturated rings. The first-order chi connectivity index (χ1) is 5.53. The molecule has 12 heavy (non-hydrogen) atoms. The van der Waals surface area contributed by atoms with Gasteiger partial charge in [-0.2, -0.15) is 0 Å². The molecular formula is C8H15O3P. The van der Waals surface area contributed by atoms with Crippen LogP contribution < -0.4 is 0 Å². The van der Waals surface area contributed by atoms with Crippen molar-refractivity contribution in [3.8, 4) is 0 Å². The molecule has 1 aliphatic carbocycles. The lowest BCUT2D eigenvalue weighted by Crippen LogP contribution is -2.01. The largest absolute Gasteiger partial charge is 0.392 e. The van der Waals surface area contributed by atoms with E-state index >= 15 is 0 Å². The van der Waals surface area contributed by atoms with Crippen LogP contribution in [0.5, 0.6) is 0 Å². The summed E-state index contributed by atoms with van der Waals surface area (Å²) in [5.74, 6) is 0. The molecular weight excluding hydrogens is 175 g/mol. The number of aliphatic hydroxyl groups is 1. The Kier molecular flexibility index (Phi) is 3.10. The number of hydrogen-bond acceptors (Lipinski definition) is 2. The van der Waals surface area contributed by atoms with Crippen LogP contribution in [0.4, 0.5) is 0 Å². The van der Waals surface area contributed by atoms with E-state index in [1.54, 1.807) is 6.92 Å². The van der Waals surface area contributed by atoms with Gasteiger partial charge in [0.1, 0.15) is 0 Å². The van der Waals surface area contributed by atoms with Gasteiger partial charge in [0.2, 0.25) is 7.37 Å². The molecule has 2 N–H and O–H groups in total. The second kappa shape index (κ2) is 3.73. The zero-order valence-corrected chi connectivity index (χ0v) is 8.13. The number of aliphatic hydroxyl groups excluding tert-OH is 1. The fraction of sp³-hybridized carbons (Fsp3) is 0.750. The standard InChI is InChI=1S/C8H15O3P/c1-2-12(10,11)6-7-3-4-8(9)5-7/h3,8-9H,2,4-6H2,1H3,(H,10,11)/t8-/m0/s1. The van der Waals surface area contributed by atoms with Crippen LogP contribution in [0.3, 0.4) is 0 Å². The van der Waals surface area contributed by atoms with E-state index in [9.17, 15) is 9.46 Å².